The summed E-state index contributed by atoms with van der Waals surface area (Å²) in [6.07, 6.45) is 3.30. The van der Waals surface area contributed by atoms with E-state index in [0.29, 0.717) is 6.54 Å². The van der Waals surface area contributed by atoms with Crippen LogP contribution in [0.15, 0.2) is 42.5 Å². The van der Waals surface area contributed by atoms with Gasteiger partial charge >= 0.3 is 0 Å². The Kier molecular flexibility index (Phi) is 5.24. The molecule has 28 heavy (non-hydrogen) atoms. The summed E-state index contributed by atoms with van der Waals surface area (Å²) in [7, 11) is 3.35. The van der Waals surface area contributed by atoms with E-state index >= 15 is 0 Å². The summed E-state index contributed by atoms with van der Waals surface area (Å²) < 4.78 is 10.8. The number of aromatic nitrogens is 1. The zero-order valence-electron chi connectivity index (χ0n) is 16.4. The van der Waals surface area contributed by atoms with Gasteiger partial charge in [-0.1, -0.05) is 18.2 Å². The molecule has 1 aliphatic rings. The summed E-state index contributed by atoms with van der Waals surface area (Å²) >= 11 is 0. The Morgan fingerprint density at radius 3 is 2.86 bits per heavy atom. The molecule has 2 N–H and O–H groups in total. The van der Waals surface area contributed by atoms with Crippen molar-refractivity contribution < 1.29 is 14.3 Å². The van der Waals surface area contributed by atoms with Gasteiger partial charge in [-0.05, 0) is 61.1 Å². The highest BCUT2D eigenvalue weighted by molar-refractivity contribution is 5.88. The number of para-hydroxylation sites is 1. The van der Waals surface area contributed by atoms with Gasteiger partial charge < -0.3 is 19.8 Å². The van der Waals surface area contributed by atoms with Gasteiger partial charge in [0.05, 0.1) is 14.2 Å². The van der Waals surface area contributed by atoms with E-state index in [4.69, 9.17) is 9.47 Å². The van der Waals surface area contributed by atoms with Crippen molar-refractivity contribution in [1.29, 1.82) is 0 Å². The Hall–Kier alpha value is -2.95. The average Bonchev–Trinajstić information content (AvgIpc) is 3.11. The van der Waals surface area contributed by atoms with E-state index in [1.54, 1.807) is 14.2 Å². The maximum Gasteiger partial charge on any atom is 0.223 e. The van der Waals surface area contributed by atoms with Crippen LogP contribution in [0.4, 0.5) is 0 Å². The number of carbonyl (C=O) groups excluding carboxylic acids is 1. The molecule has 1 amide bonds. The first-order chi connectivity index (χ1) is 13.7. The van der Waals surface area contributed by atoms with Gasteiger partial charge in [-0.2, -0.15) is 0 Å². The highest BCUT2D eigenvalue weighted by Crippen LogP contribution is 2.33. The molecule has 5 nitrogen and oxygen atoms in total. The molecule has 0 spiro atoms. The summed E-state index contributed by atoms with van der Waals surface area (Å²) in [5.74, 6) is 1.86. The van der Waals surface area contributed by atoms with Gasteiger partial charge in [0.25, 0.3) is 0 Å². The van der Waals surface area contributed by atoms with Crippen molar-refractivity contribution in [3.05, 3.63) is 59.3 Å². The summed E-state index contributed by atoms with van der Waals surface area (Å²) in [4.78, 5) is 16.3. The fourth-order valence-corrected chi connectivity index (χ4v) is 4.12. The van der Waals surface area contributed by atoms with Crippen molar-refractivity contribution in [2.24, 2.45) is 5.92 Å². The minimum absolute atomic E-state index is 0.00960. The van der Waals surface area contributed by atoms with Crippen molar-refractivity contribution >= 4 is 16.8 Å². The molecule has 1 atom stereocenters. The number of carbonyl (C=O) groups is 1. The molecule has 2 aromatic carbocycles. The fraction of sp³-hybridized carbons (Fsp3) is 0.348. The summed E-state index contributed by atoms with van der Waals surface area (Å²) in [6.45, 7) is 0.615. The third-order valence-corrected chi connectivity index (χ3v) is 5.65. The van der Waals surface area contributed by atoms with Gasteiger partial charge in [-0.25, -0.2) is 0 Å². The van der Waals surface area contributed by atoms with Gasteiger partial charge in [0.15, 0.2) is 0 Å². The largest absolute Gasteiger partial charge is 0.497 e. The Morgan fingerprint density at radius 2 is 2.04 bits per heavy atom. The van der Waals surface area contributed by atoms with Crippen LogP contribution in [-0.4, -0.2) is 31.7 Å². The molecule has 0 saturated carbocycles. The number of fused-ring (bicyclic) bond motifs is 3. The highest BCUT2D eigenvalue weighted by atomic mass is 16.5. The molecule has 4 rings (SSSR count). The normalized spacial score (nSPS) is 15.9. The number of hydrogen-bond donors (Lipinski definition) is 2. The first-order valence-electron chi connectivity index (χ1n) is 9.76. The van der Waals surface area contributed by atoms with Crippen molar-refractivity contribution in [3.63, 3.8) is 0 Å². The SMILES string of the molecule is COc1ccc2[nH]c3c(c2c1)CC(C(=O)NCCc1ccccc1OC)CC3. The van der Waals surface area contributed by atoms with Crippen LogP contribution in [0, 0.1) is 5.92 Å². The lowest BCUT2D eigenvalue weighted by molar-refractivity contribution is -0.125. The molecule has 1 unspecified atom stereocenters. The number of benzene rings is 2. The fourth-order valence-electron chi connectivity index (χ4n) is 4.12. The van der Waals surface area contributed by atoms with E-state index in [2.05, 4.69) is 22.4 Å². The van der Waals surface area contributed by atoms with Gasteiger partial charge in [-0.15, -0.1) is 0 Å². The molecule has 1 aliphatic carbocycles. The van der Waals surface area contributed by atoms with E-state index in [9.17, 15) is 4.79 Å². The zero-order chi connectivity index (χ0) is 19.5. The molecule has 0 saturated heterocycles. The van der Waals surface area contributed by atoms with Gasteiger partial charge in [0, 0.05) is 29.1 Å². The van der Waals surface area contributed by atoms with Crippen molar-refractivity contribution in [2.75, 3.05) is 20.8 Å². The first kappa shape index (κ1) is 18.4. The van der Waals surface area contributed by atoms with E-state index in [1.807, 2.05) is 30.3 Å². The number of amides is 1. The number of hydrogen-bond acceptors (Lipinski definition) is 3. The van der Waals surface area contributed by atoms with Crippen LogP contribution in [0.1, 0.15) is 23.2 Å². The lowest BCUT2D eigenvalue weighted by Gasteiger charge is -2.22. The minimum Gasteiger partial charge on any atom is -0.497 e. The molecular weight excluding hydrogens is 352 g/mol. The lowest BCUT2D eigenvalue weighted by atomic mass is 9.85. The second kappa shape index (κ2) is 7.97. The first-order valence-corrected chi connectivity index (χ1v) is 9.76. The van der Waals surface area contributed by atoms with Gasteiger partial charge in [0.2, 0.25) is 5.91 Å². The topological polar surface area (TPSA) is 63.4 Å². The zero-order valence-corrected chi connectivity index (χ0v) is 16.4. The van der Waals surface area contributed by atoms with Crippen LogP contribution in [0.25, 0.3) is 10.9 Å². The maximum absolute atomic E-state index is 12.8. The molecule has 0 radical (unpaired) electrons. The standard InChI is InChI=1S/C23H26N2O3/c1-27-17-8-10-21-19(14-17)18-13-16(7-9-20(18)25-21)23(26)24-12-11-15-5-3-4-6-22(15)28-2/h3-6,8,10,14,16,25H,7,9,11-13H2,1-2H3,(H,24,26). The van der Waals surface area contributed by atoms with Gasteiger partial charge in [0.1, 0.15) is 11.5 Å². The number of methoxy groups -OCH3 is 2. The predicted octanol–water partition coefficient (Wildman–Crippen LogP) is 3.65. The third-order valence-electron chi connectivity index (χ3n) is 5.65. The maximum atomic E-state index is 12.8. The molecule has 0 bridgehead atoms. The van der Waals surface area contributed by atoms with E-state index in [1.165, 1.54) is 16.6 Å². The number of nitrogens with one attached hydrogen (secondary N) is 2. The van der Waals surface area contributed by atoms with Crippen LogP contribution < -0.4 is 14.8 Å². The van der Waals surface area contributed by atoms with E-state index in [0.717, 1.165) is 48.3 Å². The van der Waals surface area contributed by atoms with Crippen LogP contribution in [0.2, 0.25) is 0 Å². The lowest BCUT2D eigenvalue weighted by Crippen LogP contribution is -2.35. The highest BCUT2D eigenvalue weighted by Gasteiger charge is 2.27. The molecular formula is C23H26N2O3. The second-order valence-electron chi connectivity index (χ2n) is 7.29. The number of H-pyrrole nitrogens is 1. The molecule has 3 aromatic rings. The van der Waals surface area contributed by atoms with Gasteiger partial charge in [-0.3, -0.25) is 4.79 Å². The third kappa shape index (κ3) is 3.57. The molecule has 1 aromatic heterocycles. The molecule has 5 heteroatoms. The minimum atomic E-state index is 0.00960. The smallest absolute Gasteiger partial charge is 0.223 e. The predicted molar refractivity (Wildman–Crippen MR) is 110 cm³/mol. The van der Waals surface area contributed by atoms with Crippen LogP contribution in [-0.2, 0) is 24.1 Å². The Balaban J connectivity index is 1.41. The number of rotatable bonds is 6. The summed E-state index contributed by atoms with van der Waals surface area (Å²) in [5.41, 5.74) is 4.73. The van der Waals surface area contributed by atoms with Crippen LogP contribution >= 0.6 is 0 Å². The Bertz CT molecular complexity index is 993. The Labute approximate surface area is 165 Å². The number of ether oxygens (including phenoxy) is 2. The summed E-state index contributed by atoms with van der Waals surface area (Å²) in [5, 5.41) is 4.28. The quantitative estimate of drug-likeness (QED) is 0.688. The molecule has 0 fully saturated rings. The summed E-state index contributed by atoms with van der Waals surface area (Å²) in [6, 6.07) is 14.0. The monoisotopic (exact) mass is 378 g/mol. The second-order valence-corrected chi connectivity index (χ2v) is 7.29. The van der Waals surface area contributed by atoms with Crippen LogP contribution in [0.3, 0.4) is 0 Å². The number of aromatic amines is 1. The van der Waals surface area contributed by atoms with Crippen molar-refractivity contribution in [1.82, 2.24) is 10.3 Å². The van der Waals surface area contributed by atoms with E-state index < -0.39 is 0 Å². The van der Waals surface area contributed by atoms with Crippen molar-refractivity contribution in [2.45, 2.75) is 25.7 Å². The number of aryl methyl sites for hydroxylation is 1. The molecule has 146 valence electrons. The van der Waals surface area contributed by atoms with E-state index in [-0.39, 0.29) is 11.8 Å². The van der Waals surface area contributed by atoms with Crippen LogP contribution in [0.5, 0.6) is 11.5 Å². The van der Waals surface area contributed by atoms with Crippen molar-refractivity contribution in [3.8, 4) is 11.5 Å². The Morgan fingerprint density at radius 1 is 1.18 bits per heavy atom. The molecule has 0 aliphatic heterocycles. The molecule has 1 heterocycles. The average molecular weight is 378 g/mol.